The van der Waals surface area contributed by atoms with Crippen molar-refractivity contribution in [2.45, 2.75) is 65.5 Å². The summed E-state index contributed by atoms with van der Waals surface area (Å²) in [5.74, 6) is 0.862. The van der Waals surface area contributed by atoms with Crippen LogP contribution in [0.5, 0.6) is 0 Å². The zero-order valence-corrected chi connectivity index (χ0v) is 15.0. The van der Waals surface area contributed by atoms with Crippen molar-refractivity contribution in [3.8, 4) is 0 Å². The fourth-order valence-electron chi connectivity index (χ4n) is 3.32. The smallest absolute Gasteiger partial charge is 0.166 e. The number of hydrogen-bond donors (Lipinski definition) is 2. The average molecular weight is 319 g/mol. The van der Waals surface area contributed by atoms with Gasteiger partial charge in [-0.3, -0.25) is 0 Å². The molecule has 1 fully saturated rings. The van der Waals surface area contributed by atoms with E-state index in [-0.39, 0.29) is 0 Å². The van der Waals surface area contributed by atoms with Crippen molar-refractivity contribution in [2.24, 2.45) is 11.3 Å². The van der Waals surface area contributed by atoms with E-state index in [2.05, 4.69) is 55.7 Å². The van der Waals surface area contributed by atoms with E-state index in [1.807, 2.05) is 6.07 Å². The maximum atomic E-state index is 5.44. The summed E-state index contributed by atoms with van der Waals surface area (Å²) in [6.45, 7) is 7.94. The quantitative estimate of drug-likeness (QED) is 0.773. The summed E-state index contributed by atoms with van der Waals surface area (Å²) in [4.78, 5) is 0. The van der Waals surface area contributed by atoms with Crippen LogP contribution in [-0.2, 0) is 6.54 Å². The molecular weight excluding hydrogens is 288 g/mol. The second-order valence-corrected chi connectivity index (χ2v) is 7.61. The summed E-state index contributed by atoms with van der Waals surface area (Å²) in [7, 11) is 0. The zero-order valence-electron chi connectivity index (χ0n) is 14.2. The van der Waals surface area contributed by atoms with E-state index >= 15 is 0 Å². The van der Waals surface area contributed by atoms with Crippen LogP contribution in [0, 0.1) is 11.3 Å². The van der Waals surface area contributed by atoms with Gasteiger partial charge in [-0.05, 0) is 54.8 Å². The molecule has 1 aromatic carbocycles. The third kappa shape index (κ3) is 4.98. The Bertz CT molecular complexity index is 462. The number of rotatable bonds is 5. The SMILES string of the molecule is CCC(C)(C)C1CCC(NC(=S)NCc2ccccc2)CC1. The summed E-state index contributed by atoms with van der Waals surface area (Å²) in [6.07, 6.45) is 6.38. The van der Waals surface area contributed by atoms with E-state index in [1.165, 1.54) is 37.7 Å². The van der Waals surface area contributed by atoms with Crippen LogP contribution in [0.2, 0.25) is 0 Å². The minimum Gasteiger partial charge on any atom is -0.360 e. The third-order valence-corrected chi connectivity index (χ3v) is 5.64. The Labute approximate surface area is 141 Å². The van der Waals surface area contributed by atoms with Crippen molar-refractivity contribution in [3.05, 3.63) is 35.9 Å². The first-order chi connectivity index (χ1) is 10.5. The van der Waals surface area contributed by atoms with Gasteiger partial charge in [0.2, 0.25) is 0 Å². The highest BCUT2D eigenvalue weighted by Gasteiger charge is 2.31. The minimum absolute atomic E-state index is 0.483. The summed E-state index contributed by atoms with van der Waals surface area (Å²) < 4.78 is 0. The van der Waals surface area contributed by atoms with E-state index in [1.54, 1.807) is 0 Å². The predicted octanol–water partition coefficient (Wildman–Crippen LogP) is 4.65. The second kappa shape index (κ2) is 7.96. The Morgan fingerprint density at radius 2 is 1.77 bits per heavy atom. The lowest BCUT2D eigenvalue weighted by Crippen LogP contribution is -2.44. The molecule has 0 spiro atoms. The Morgan fingerprint density at radius 1 is 1.14 bits per heavy atom. The third-order valence-electron chi connectivity index (χ3n) is 5.37. The Balaban J connectivity index is 1.71. The topological polar surface area (TPSA) is 24.1 Å². The van der Waals surface area contributed by atoms with E-state index in [4.69, 9.17) is 12.2 Å². The molecule has 3 heteroatoms. The first kappa shape index (κ1) is 17.3. The van der Waals surface area contributed by atoms with Gasteiger partial charge in [0, 0.05) is 12.6 Å². The lowest BCUT2D eigenvalue weighted by molar-refractivity contribution is 0.141. The zero-order chi connectivity index (χ0) is 16.0. The lowest BCUT2D eigenvalue weighted by Gasteiger charge is -2.39. The maximum Gasteiger partial charge on any atom is 0.166 e. The van der Waals surface area contributed by atoms with Crippen molar-refractivity contribution < 1.29 is 0 Å². The van der Waals surface area contributed by atoms with Crippen LogP contribution in [0.15, 0.2) is 30.3 Å². The van der Waals surface area contributed by atoms with E-state index < -0.39 is 0 Å². The summed E-state index contributed by atoms with van der Waals surface area (Å²) >= 11 is 5.44. The standard InChI is InChI=1S/C19H30N2S/c1-4-19(2,3)16-10-12-17(13-11-16)21-18(22)20-14-15-8-6-5-7-9-15/h5-9,16-17H,4,10-14H2,1-3H3,(H2,20,21,22). The molecule has 0 aromatic heterocycles. The van der Waals surface area contributed by atoms with E-state index in [0.29, 0.717) is 11.5 Å². The molecule has 1 aliphatic carbocycles. The number of thiocarbonyl (C=S) groups is 1. The molecule has 0 radical (unpaired) electrons. The fourth-order valence-corrected chi connectivity index (χ4v) is 3.56. The molecule has 0 amide bonds. The van der Waals surface area contributed by atoms with Crippen LogP contribution in [0.25, 0.3) is 0 Å². The number of benzene rings is 1. The Morgan fingerprint density at radius 3 is 2.36 bits per heavy atom. The van der Waals surface area contributed by atoms with Gasteiger partial charge in [0.15, 0.2) is 5.11 Å². The highest BCUT2D eigenvalue weighted by Crippen LogP contribution is 2.40. The molecule has 1 aromatic rings. The predicted molar refractivity (Wildman–Crippen MR) is 98.8 cm³/mol. The first-order valence-electron chi connectivity index (χ1n) is 8.59. The Hall–Kier alpha value is -1.09. The van der Waals surface area contributed by atoms with E-state index in [0.717, 1.165) is 17.6 Å². The first-order valence-corrected chi connectivity index (χ1v) is 9.00. The van der Waals surface area contributed by atoms with Crippen LogP contribution in [-0.4, -0.2) is 11.2 Å². The van der Waals surface area contributed by atoms with Crippen molar-refractivity contribution in [2.75, 3.05) is 0 Å². The molecule has 1 saturated carbocycles. The monoisotopic (exact) mass is 318 g/mol. The van der Waals surface area contributed by atoms with Crippen LogP contribution >= 0.6 is 12.2 Å². The molecule has 0 unspecified atom stereocenters. The lowest BCUT2D eigenvalue weighted by atomic mass is 9.69. The molecule has 1 aliphatic rings. The molecule has 2 N–H and O–H groups in total. The minimum atomic E-state index is 0.483. The van der Waals surface area contributed by atoms with Gasteiger partial charge >= 0.3 is 0 Å². The second-order valence-electron chi connectivity index (χ2n) is 7.20. The molecule has 0 bridgehead atoms. The number of hydrogen-bond acceptors (Lipinski definition) is 1. The Kier molecular flexibility index (Phi) is 6.25. The van der Waals surface area contributed by atoms with Gasteiger partial charge in [-0.1, -0.05) is 57.5 Å². The molecule has 22 heavy (non-hydrogen) atoms. The average Bonchev–Trinajstić information content (AvgIpc) is 2.54. The molecule has 122 valence electrons. The molecule has 2 rings (SSSR count). The largest absolute Gasteiger partial charge is 0.360 e. The van der Waals surface area contributed by atoms with Crippen molar-refractivity contribution in [3.63, 3.8) is 0 Å². The van der Waals surface area contributed by atoms with Crippen LogP contribution in [0.4, 0.5) is 0 Å². The normalized spacial score (nSPS) is 22.1. The van der Waals surface area contributed by atoms with E-state index in [9.17, 15) is 0 Å². The summed E-state index contributed by atoms with van der Waals surface area (Å²) in [6, 6.07) is 10.9. The van der Waals surface area contributed by atoms with Gasteiger partial charge < -0.3 is 10.6 Å². The van der Waals surface area contributed by atoms with Gasteiger partial charge in [0.05, 0.1) is 0 Å². The van der Waals surface area contributed by atoms with Gasteiger partial charge in [-0.15, -0.1) is 0 Å². The summed E-state index contributed by atoms with van der Waals surface area (Å²) in [5.41, 5.74) is 1.75. The molecule has 0 aliphatic heterocycles. The van der Waals surface area contributed by atoms with Gasteiger partial charge in [-0.25, -0.2) is 0 Å². The highest BCUT2D eigenvalue weighted by atomic mass is 32.1. The highest BCUT2D eigenvalue weighted by molar-refractivity contribution is 7.80. The molecule has 0 atom stereocenters. The van der Waals surface area contributed by atoms with Crippen molar-refractivity contribution in [1.29, 1.82) is 0 Å². The van der Waals surface area contributed by atoms with Crippen LogP contribution in [0.1, 0.15) is 58.4 Å². The molecular formula is C19H30N2S. The molecule has 0 heterocycles. The van der Waals surface area contributed by atoms with Gasteiger partial charge in [0.25, 0.3) is 0 Å². The van der Waals surface area contributed by atoms with Crippen LogP contribution in [0.3, 0.4) is 0 Å². The van der Waals surface area contributed by atoms with Crippen molar-refractivity contribution >= 4 is 17.3 Å². The van der Waals surface area contributed by atoms with Gasteiger partial charge in [0.1, 0.15) is 0 Å². The summed E-state index contributed by atoms with van der Waals surface area (Å²) in [5, 5.41) is 7.61. The van der Waals surface area contributed by atoms with Gasteiger partial charge in [-0.2, -0.15) is 0 Å². The maximum absolute atomic E-state index is 5.44. The van der Waals surface area contributed by atoms with Crippen molar-refractivity contribution in [1.82, 2.24) is 10.6 Å². The van der Waals surface area contributed by atoms with Crippen LogP contribution < -0.4 is 10.6 Å². The molecule has 2 nitrogen and oxygen atoms in total. The fraction of sp³-hybridized carbons (Fsp3) is 0.632. The number of nitrogens with one attached hydrogen (secondary N) is 2. The molecule has 0 saturated heterocycles.